The van der Waals surface area contributed by atoms with Gasteiger partial charge in [-0.25, -0.2) is 17.6 Å². The molecule has 0 aliphatic carbocycles. The second-order valence-electron chi connectivity index (χ2n) is 3.76. The first kappa shape index (κ1) is 16.2. The molecule has 3 N–H and O–H groups in total. The van der Waals surface area contributed by atoms with Crippen LogP contribution in [0.25, 0.3) is 0 Å². The van der Waals surface area contributed by atoms with E-state index in [1.807, 2.05) is 0 Å². The summed E-state index contributed by atoms with van der Waals surface area (Å²) in [5.41, 5.74) is 0.691. The molecule has 0 heterocycles. The van der Waals surface area contributed by atoms with Crippen molar-refractivity contribution >= 4 is 5.97 Å². The van der Waals surface area contributed by atoms with Crippen LogP contribution in [0.4, 0.5) is 30.7 Å². The van der Waals surface area contributed by atoms with E-state index in [0.29, 0.717) is 0 Å². The van der Waals surface area contributed by atoms with E-state index in [4.69, 9.17) is 10.8 Å². The third-order valence-electron chi connectivity index (χ3n) is 2.38. The standard InChI is InChI=1S/C10H6F7NO2/c11-5-2(1-3(18)9(19)20)6(12)8(14)4(7(5)13)10(15,16)17/h3H,1,18H2,(H,19,20). The zero-order valence-electron chi connectivity index (χ0n) is 9.36. The topological polar surface area (TPSA) is 63.3 Å². The molecule has 1 aromatic rings. The largest absolute Gasteiger partial charge is 0.480 e. The highest BCUT2D eigenvalue weighted by Gasteiger charge is 2.42. The van der Waals surface area contributed by atoms with Gasteiger partial charge in [0.15, 0.2) is 23.3 Å². The van der Waals surface area contributed by atoms with Crippen LogP contribution < -0.4 is 5.73 Å². The minimum Gasteiger partial charge on any atom is -0.480 e. The zero-order valence-corrected chi connectivity index (χ0v) is 9.36. The maximum Gasteiger partial charge on any atom is 0.422 e. The van der Waals surface area contributed by atoms with Gasteiger partial charge in [0.25, 0.3) is 0 Å². The summed E-state index contributed by atoms with van der Waals surface area (Å²) >= 11 is 0. The fourth-order valence-corrected chi connectivity index (χ4v) is 1.41. The fraction of sp³-hybridized carbons (Fsp3) is 0.300. The maximum atomic E-state index is 13.3. The molecule has 1 rings (SSSR count). The Morgan fingerprint density at radius 3 is 1.75 bits per heavy atom. The lowest BCUT2D eigenvalue weighted by atomic mass is 10.0. The van der Waals surface area contributed by atoms with Gasteiger partial charge in [-0.1, -0.05) is 0 Å². The summed E-state index contributed by atoms with van der Waals surface area (Å²) in [5, 5.41) is 8.41. The normalized spacial score (nSPS) is 13.4. The number of carboxylic acid groups (broad SMARTS) is 1. The predicted octanol–water partition coefficient (Wildman–Crippen LogP) is 2.22. The lowest BCUT2D eigenvalue weighted by molar-refractivity contribution is -0.143. The van der Waals surface area contributed by atoms with E-state index in [-0.39, 0.29) is 0 Å². The van der Waals surface area contributed by atoms with Crippen LogP contribution in [0.3, 0.4) is 0 Å². The van der Waals surface area contributed by atoms with Gasteiger partial charge in [-0.3, -0.25) is 4.79 Å². The molecular weight excluding hydrogens is 299 g/mol. The Bertz CT molecular complexity index is 527. The smallest absolute Gasteiger partial charge is 0.422 e. The Morgan fingerprint density at radius 1 is 1.05 bits per heavy atom. The molecule has 0 aliphatic rings. The molecule has 0 saturated carbocycles. The van der Waals surface area contributed by atoms with Gasteiger partial charge >= 0.3 is 12.1 Å². The Balaban J connectivity index is 3.49. The highest BCUT2D eigenvalue weighted by atomic mass is 19.4. The van der Waals surface area contributed by atoms with Crippen LogP contribution in [-0.4, -0.2) is 17.1 Å². The third kappa shape index (κ3) is 2.84. The van der Waals surface area contributed by atoms with Crippen molar-refractivity contribution in [2.45, 2.75) is 18.6 Å². The van der Waals surface area contributed by atoms with Gasteiger partial charge in [-0.05, 0) is 0 Å². The van der Waals surface area contributed by atoms with Crippen LogP contribution in [0.1, 0.15) is 11.1 Å². The molecule has 20 heavy (non-hydrogen) atoms. The minimum absolute atomic E-state index is 1.21. The number of alkyl halides is 3. The molecule has 1 atom stereocenters. The van der Waals surface area contributed by atoms with Crippen molar-refractivity contribution in [2.24, 2.45) is 5.73 Å². The van der Waals surface area contributed by atoms with Gasteiger partial charge in [0.1, 0.15) is 11.6 Å². The predicted molar refractivity (Wildman–Crippen MR) is 50.6 cm³/mol. The lowest BCUT2D eigenvalue weighted by Gasteiger charge is -2.15. The molecule has 112 valence electrons. The van der Waals surface area contributed by atoms with Crippen molar-refractivity contribution in [3.63, 3.8) is 0 Å². The van der Waals surface area contributed by atoms with Crippen LogP contribution in [-0.2, 0) is 17.4 Å². The van der Waals surface area contributed by atoms with Crippen molar-refractivity contribution < 1.29 is 40.6 Å². The molecule has 0 saturated heterocycles. The summed E-state index contributed by atoms with van der Waals surface area (Å²) in [7, 11) is 0. The van der Waals surface area contributed by atoms with E-state index in [1.54, 1.807) is 0 Å². The SMILES string of the molecule is NC(Cc1c(F)c(F)c(C(F)(F)F)c(F)c1F)C(=O)O. The molecule has 0 radical (unpaired) electrons. The number of aliphatic carboxylic acids is 1. The summed E-state index contributed by atoms with van der Waals surface area (Å²) in [6.07, 6.45) is -6.86. The second-order valence-corrected chi connectivity index (χ2v) is 3.76. The molecule has 0 aromatic heterocycles. The van der Waals surface area contributed by atoms with Crippen molar-refractivity contribution in [3.8, 4) is 0 Å². The van der Waals surface area contributed by atoms with Crippen LogP contribution in [0.5, 0.6) is 0 Å². The van der Waals surface area contributed by atoms with Gasteiger partial charge < -0.3 is 10.8 Å². The average molecular weight is 305 g/mol. The molecule has 1 aromatic carbocycles. The Morgan fingerprint density at radius 2 is 1.45 bits per heavy atom. The van der Waals surface area contributed by atoms with E-state index in [1.165, 1.54) is 0 Å². The summed E-state index contributed by atoms with van der Waals surface area (Å²) in [5.74, 6) is -11.7. The minimum atomic E-state index is -5.65. The van der Waals surface area contributed by atoms with E-state index in [9.17, 15) is 35.5 Å². The fourth-order valence-electron chi connectivity index (χ4n) is 1.41. The Labute approximate surface area is 106 Å². The van der Waals surface area contributed by atoms with Gasteiger partial charge in [0, 0.05) is 12.0 Å². The molecule has 10 heteroatoms. The molecule has 0 fully saturated rings. The molecule has 0 bridgehead atoms. The van der Waals surface area contributed by atoms with Gasteiger partial charge in [-0.15, -0.1) is 0 Å². The summed E-state index contributed by atoms with van der Waals surface area (Å²) in [6.45, 7) is 0. The first-order chi connectivity index (χ1) is 8.98. The van der Waals surface area contributed by atoms with Gasteiger partial charge in [0.2, 0.25) is 0 Å². The molecular formula is C10H6F7NO2. The lowest BCUT2D eigenvalue weighted by Crippen LogP contribution is -2.33. The molecule has 0 spiro atoms. The van der Waals surface area contributed by atoms with Gasteiger partial charge in [-0.2, -0.15) is 13.2 Å². The Hall–Kier alpha value is -1.84. The van der Waals surface area contributed by atoms with Crippen molar-refractivity contribution in [1.29, 1.82) is 0 Å². The third-order valence-corrected chi connectivity index (χ3v) is 2.38. The first-order valence-corrected chi connectivity index (χ1v) is 4.88. The van der Waals surface area contributed by atoms with Crippen molar-refractivity contribution in [2.75, 3.05) is 0 Å². The van der Waals surface area contributed by atoms with Crippen LogP contribution >= 0.6 is 0 Å². The zero-order chi connectivity index (χ0) is 15.8. The number of halogens is 7. The monoisotopic (exact) mass is 305 g/mol. The number of nitrogens with two attached hydrogens (primary N) is 1. The van der Waals surface area contributed by atoms with Crippen LogP contribution in [0.2, 0.25) is 0 Å². The quantitative estimate of drug-likeness (QED) is 0.665. The first-order valence-electron chi connectivity index (χ1n) is 4.88. The molecule has 1 unspecified atom stereocenters. The highest BCUT2D eigenvalue weighted by Crippen LogP contribution is 2.37. The number of benzene rings is 1. The van der Waals surface area contributed by atoms with Crippen LogP contribution in [0, 0.1) is 23.3 Å². The number of hydrogen-bond donors (Lipinski definition) is 2. The van der Waals surface area contributed by atoms with Crippen LogP contribution in [0.15, 0.2) is 0 Å². The highest BCUT2D eigenvalue weighted by molar-refractivity contribution is 5.73. The summed E-state index contributed by atoms with van der Waals surface area (Å²) < 4.78 is 89.8. The van der Waals surface area contributed by atoms with Crippen molar-refractivity contribution in [1.82, 2.24) is 0 Å². The number of hydrogen-bond acceptors (Lipinski definition) is 2. The second kappa shape index (κ2) is 5.27. The molecule has 0 amide bonds. The van der Waals surface area contributed by atoms with E-state index in [2.05, 4.69) is 0 Å². The average Bonchev–Trinajstić information content (AvgIpc) is 2.30. The van der Waals surface area contributed by atoms with Crippen molar-refractivity contribution in [3.05, 3.63) is 34.4 Å². The number of carbonyl (C=O) groups is 1. The van der Waals surface area contributed by atoms with E-state index >= 15 is 0 Å². The van der Waals surface area contributed by atoms with Gasteiger partial charge in [0.05, 0.1) is 0 Å². The van der Waals surface area contributed by atoms with E-state index in [0.717, 1.165) is 0 Å². The summed E-state index contributed by atoms with van der Waals surface area (Å²) in [4.78, 5) is 10.4. The van der Waals surface area contributed by atoms with E-state index < -0.39 is 59.0 Å². The maximum absolute atomic E-state index is 13.3. The number of rotatable bonds is 3. The number of carboxylic acids is 1. The molecule has 0 aliphatic heterocycles. The Kier molecular flexibility index (Phi) is 4.27. The summed E-state index contributed by atoms with van der Waals surface area (Å²) in [6, 6.07) is -1.94. The molecule has 3 nitrogen and oxygen atoms in total.